The Hall–Kier alpha value is -4.53. The molecule has 0 spiro atoms. The van der Waals surface area contributed by atoms with E-state index in [9.17, 15) is 14.4 Å². The first kappa shape index (κ1) is 21.3. The highest BCUT2D eigenvalue weighted by Crippen LogP contribution is 2.22. The topological polar surface area (TPSA) is 101 Å². The molecule has 0 bridgehead atoms. The molecule has 2 aromatic carbocycles. The van der Waals surface area contributed by atoms with Gasteiger partial charge in [-0.25, -0.2) is 14.5 Å². The second-order valence-electron chi connectivity index (χ2n) is 8.11. The number of carbonyl (C=O) groups excluding carboxylic acids is 2. The third-order valence-corrected chi connectivity index (χ3v) is 5.55. The number of nitrogens with zero attached hydrogens (tertiary/aromatic N) is 5. The smallest absolute Gasteiger partial charge is 0.321 e. The summed E-state index contributed by atoms with van der Waals surface area (Å²) in [5.41, 5.74) is 3.63. The van der Waals surface area contributed by atoms with Crippen molar-refractivity contribution >= 4 is 34.5 Å². The number of anilines is 2. The lowest BCUT2D eigenvalue weighted by molar-refractivity contribution is -0.118. The van der Waals surface area contributed by atoms with Crippen molar-refractivity contribution in [2.24, 2.45) is 5.10 Å². The van der Waals surface area contributed by atoms with E-state index in [1.807, 2.05) is 37.3 Å². The molecular formula is C25H22N6O3. The van der Waals surface area contributed by atoms with Crippen LogP contribution in [0.2, 0.25) is 0 Å². The number of nitrogens with one attached hydrogen (secondary N) is 1. The van der Waals surface area contributed by atoms with E-state index in [0.29, 0.717) is 17.0 Å². The zero-order valence-corrected chi connectivity index (χ0v) is 18.5. The van der Waals surface area contributed by atoms with Crippen molar-refractivity contribution in [3.05, 3.63) is 94.5 Å². The largest absolute Gasteiger partial charge is 0.350 e. The molecule has 0 saturated heterocycles. The molecule has 170 valence electrons. The maximum Gasteiger partial charge on any atom is 0.350 e. The van der Waals surface area contributed by atoms with Gasteiger partial charge in [-0.1, -0.05) is 30.3 Å². The minimum absolute atomic E-state index is 0.151. The fourth-order valence-electron chi connectivity index (χ4n) is 3.87. The van der Waals surface area contributed by atoms with Crippen molar-refractivity contribution < 1.29 is 9.59 Å². The number of aryl methyl sites for hydroxylation is 1. The van der Waals surface area contributed by atoms with E-state index in [2.05, 4.69) is 15.5 Å². The Balaban J connectivity index is 1.34. The lowest BCUT2D eigenvalue weighted by Gasteiger charge is -2.23. The third kappa shape index (κ3) is 4.23. The van der Waals surface area contributed by atoms with Gasteiger partial charge in [0.1, 0.15) is 5.71 Å². The van der Waals surface area contributed by atoms with Gasteiger partial charge in [0.25, 0.3) is 5.91 Å². The predicted octanol–water partition coefficient (Wildman–Crippen LogP) is 2.97. The minimum atomic E-state index is -0.368. The van der Waals surface area contributed by atoms with Gasteiger partial charge in [-0.2, -0.15) is 5.10 Å². The number of hydrogen-bond acceptors (Lipinski definition) is 5. The van der Waals surface area contributed by atoms with E-state index in [1.165, 1.54) is 14.1 Å². The van der Waals surface area contributed by atoms with E-state index in [-0.39, 0.29) is 42.6 Å². The average molecular weight is 454 g/mol. The molecule has 0 aliphatic carbocycles. The van der Waals surface area contributed by atoms with Crippen molar-refractivity contribution in [3.63, 3.8) is 0 Å². The lowest BCUT2D eigenvalue weighted by atomic mass is 10.1. The second-order valence-corrected chi connectivity index (χ2v) is 8.11. The summed E-state index contributed by atoms with van der Waals surface area (Å²) in [6, 6.07) is 20.0. The molecule has 34 heavy (non-hydrogen) atoms. The van der Waals surface area contributed by atoms with Crippen molar-refractivity contribution in [2.45, 2.75) is 26.3 Å². The molecule has 5 rings (SSSR count). The second kappa shape index (κ2) is 8.78. The quantitative estimate of drug-likeness (QED) is 0.501. The zero-order chi connectivity index (χ0) is 23.7. The van der Waals surface area contributed by atoms with Crippen molar-refractivity contribution in [1.82, 2.24) is 14.2 Å². The first-order valence-electron chi connectivity index (χ1n) is 10.9. The van der Waals surface area contributed by atoms with Crippen LogP contribution in [0.4, 0.5) is 11.4 Å². The van der Waals surface area contributed by atoms with Crippen LogP contribution in [0.5, 0.6) is 0 Å². The van der Waals surface area contributed by atoms with E-state index in [4.69, 9.17) is 0 Å². The summed E-state index contributed by atoms with van der Waals surface area (Å²) in [5.74, 6) is -0.519. The highest BCUT2D eigenvalue weighted by atomic mass is 16.2. The van der Waals surface area contributed by atoms with Crippen molar-refractivity contribution in [1.29, 1.82) is 0 Å². The van der Waals surface area contributed by atoms with Crippen LogP contribution in [0.25, 0.3) is 5.65 Å². The Morgan fingerprint density at radius 3 is 2.68 bits per heavy atom. The lowest BCUT2D eigenvalue weighted by Crippen LogP contribution is -2.36. The molecule has 3 heterocycles. The van der Waals surface area contributed by atoms with Gasteiger partial charge in [-0.05, 0) is 54.4 Å². The molecule has 9 heteroatoms. The number of aromatic nitrogens is 3. The standard InChI is InChI=1S/C25H22N6O3/c1-17-6-4-9-20(14-17)31-23(32)12-11-21(27-31)24(33)26-19-8-5-7-18(15-19)16-30-25(34)29-13-3-2-10-22(29)28-30/h2-10,13-15H,11-12,16H2,1H3,(H,26,33). The van der Waals surface area contributed by atoms with Crippen LogP contribution in [0, 0.1) is 6.92 Å². The van der Waals surface area contributed by atoms with Crippen LogP contribution in [-0.2, 0) is 16.1 Å². The summed E-state index contributed by atoms with van der Waals surface area (Å²) in [4.78, 5) is 37.8. The fraction of sp³-hybridized carbons (Fsp3) is 0.160. The highest BCUT2D eigenvalue weighted by molar-refractivity contribution is 6.44. The van der Waals surface area contributed by atoms with E-state index >= 15 is 0 Å². The maximum atomic E-state index is 12.9. The number of amides is 2. The number of benzene rings is 2. The molecule has 0 fully saturated rings. The Labute approximate surface area is 194 Å². The molecule has 1 N–H and O–H groups in total. The summed E-state index contributed by atoms with van der Waals surface area (Å²) in [7, 11) is 0. The Kier molecular flexibility index (Phi) is 5.51. The Morgan fingerprint density at radius 2 is 1.85 bits per heavy atom. The summed E-state index contributed by atoms with van der Waals surface area (Å²) in [6.45, 7) is 2.20. The van der Waals surface area contributed by atoms with Gasteiger partial charge in [0.05, 0.1) is 12.2 Å². The van der Waals surface area contributed by atoms with Crippen molar-refractivity contribution in [2.75, 3.05) is 10.3 Å². The number of fused-ring (bicyclic) bond motifs is 1. The molecule has 0 radical (unpaired) electrons. The Morgan fingerprint density at radius 1 is 1.00 bits per heavy atom. The molecule has 9 nitrogen and oxygen atoms in total. The number of pyridine rings is 1. The number of carbonyl (C=O) groups is 2. The number of rotatable bonds is 5. The van der Waals surface area contributed by atoms with Crippen LogP contribution in [0.15, 0.2) is 82.8 Å². The number of hydrazone groups is 1. The van der Waals surface area contributed by atoms with Crippen LogP contribution in [0.3, 0.4) is 0 Å². The molecule has 0 saturated carbocycles. The maximum absolute atomic E-state index is 12.9. The molecule has 0 unspecified atom stereocenters. The van der Waals surface area contributed by atoms with Crippen molar-refractivity contribution in [3.8, 4) is 0 Å². The van der Waals surface area contributed by atoms with E-state index in [0.717, 1.165) is 11.1 Å². The predicted molar refractivity (Wildman–Crippen MR) is 129 cm³/mol. The van der Waals surface area contributed by atoms with Gasteiger partial charge in [-0.15, -0.1) is 5.10 Å². The highest BCUT2D eigenvalue weighted by Gasteiger charge is 2.25. The molecule has 2 amide bonds. The number of hydrogen-bond donors (Lipinski definition) is 1. The summed E-state index contributed by atoms with van der Waals surface area (Å²) in [5, 5.41) is 12.8. The fourth-order valence-corrected chi connectivity index (χ4v) is 3.87. The monoisotopic (exact) mass is 454 g/mol. The first-order chi connectivity index (χ1) is 16.5. The first-order valence-corrected chi connectivity index (χ1v) is 10.9. The molecule has 4 aromatic rings. The van der Waals surface area contributed by atoms with Crippen LogP contribution < -0.4 is 16.0 Å². The molecular weight excluding hydrogens is 432 g/mol. The minimum Gasteiger partial charge on any atom is -0.321 e. The Bertz CT molecular complexity index is 1500. The van der Waals surface area contributed by atoms with E-state index < -0.39 is 0 Å². The van der Waals surface area contributed by atoms with Crippen LogP contribution >= 0.6 is 0 Å². The van der Waals surface area contributed by atoms with Crippen LogP contribution in [0.1, 0.15) is 24.0 Å². The zero-order valence-electron chi connectivity index (χ0n) is 18.5. The molecule has 2 aromatic heterocycles. The van der Waals surface area contributed by atoms with E-state index in [1.54, 1.807) is 42.6 Å². The molecule has 1 aliphatic heterocycles. The van der Waals surface area contributed by atoms with Crippen LogP contribution in [-0.4, -0.2) is 31.7 Å². The normalized spacial score (nSPS) is 13.7. The van der Waals surface area contributed by atoms with Gasteiger partial charge in [0.15, 0.2) is 5.65 Å². The summed E-state index contributed by atoms with van der Waals surface area (Å²) >= 11 is 0. The van der Waals surface area contributed by atoms with Gasteiger partial charge >= 0.3 is 5.69 Å². The van der Waals surface area contributed by atoms with Gasteiger partial charge < -0.3 is 5.32 Å². The summed E-state index contributed by atoms with van der Waals surface area (Å²) in [6.07, 6.45) is 2.15. The third-order valence-electron chi connectivity index (χ3n) is 5.55. The molecule has 0 atom stereocenters. The average Bonchev–Trinajstić information content (AvgIpc) is 3.15. The van der Waals surface area contributed by atoms with Gasteiger partial charge in [0, 0.05) is 24.7 Å². The summed E-state index contributed by atoms with van der Waals surface area (Å²) < 4.78 is 2.86. The molecule has 1 aliphatic rings. The SMILES string of the molecule is Cc1cccc(N2N=C(C(=O)Nc3cccc(Cn4nc5ccccn5c4=O)c3)CCC2=O)c1. The van der Waals surface area contributed by atoms with Gasteiger partial charge in [-0.3, -0.25) is 14.0 Å². The van der Waals surface area contributed by atoms with Gasteiger partial charge in [0.2, 0.25) is 5.91 Å².